The largest absolute Gasteiger partial charge is 0.391 e. The maximum Gasteiger partial charge on any atom is 0.391 e. The second-order valence-electron chi connectivity index (χ2n) is 3.42. The van der Waals surface area contributed by atoms with E-state index in [0.29, 0.717) is 6.42 Å². The number of ether oxygens (including phenoxy) is 1. The van der Waals surface area contributed by atoms with Crippen LogP contribution >= 0.6 is 0 Å². The van der Waals surface area contributed by atoms with Gasteiger partial charge in [-0.15, -0.1) is 0 Å². The van der Waals surface area contributed by atoms with E-state index in [1.54, 1.807) is 14.0 Å². The van der Waals surface area contributed by atoms with Crippen molar-refractivity contribution in [2.75, 3.05) is 20.3 Å². The van der Waals surface area contributed by atoms with Gasteiger partial charge in [0.25, 0.3) is 0 Å². The van der Waals surface area contributed by atoms with E-state index in [1.165, 1.54) is 0 Å². The Hall–Kier alpha value is -0.800. The number of hydrogen-bond donors (Lipinski definition) is 1. The molecule has 1 atom stereocenters. The summed E-state index contributed by atoms with van der Waals surface area (Å²) in [6, 6.07) is 2.02. The predicted octanol–water partition coefficient (Wildman–Crippen LogP) is 1.85. The highest BCUT2D eigenvalue weighted by atomic mass is 19.4. The van der Waals surface area contributed by atoms with Gasteiger partial charge in [-0.05, 0) is 14.0 Å². The maximum absolute atomic E-state index is 11.7. The summed E-state index contributed by atoms with van der Waals surface area (Å²) < 4.78 is 39.9. The maximum atomic E-state index is 11.7. The van der Waals surface area contributed by atoms with Gasteiger partial charge in [-0.25, -0.2) is 0 Å². The Morgan fingerprint density at radius 3 is 2.20 bits per heavy atom. The molecule has 0 radical (unpaired) electrons. The monoisotopic (exact) mass is 224 g/mol. The van der Waals surface area contributed by atoms with Crippen LogP contribution in [0.1, 0.15) is 19.8 Å². The van der Waals surface area contributed by atoms with E-state index in [9.17, 15) is 13.2 Å². The van der Waals surface area contributed by atoms with Crippen LogP contribution in [0, 0.1) is 11.3 Å². The molecule has 0 aromatic rings. The molecule has 1 N–H and O–H groups in total. The van der Waals surface area contributed by atoms with Crippen molar-refractivity contribution in [3.8, 4) is 6.07 Å². The fourth-order valence-corrected chi connectivity index (χ4v) is 0.803. The van der Waals surface area contributed by atoms with E-state index in [0.717, 1.165) is 0 Å². The minimum absolute atomic E-state index is 0.140. The van der Waals surface area contributed by atoms with Gasteiger partial charge in [0.15, 0.2) is 0 Å². The van der Waals surface area contributed by atoms with Gasteiger partial charge in [0.1, 0.15) is 5.54 Å². The van der Waals surface area contributed by atoms with Gasteiger partial charge in [-0.2, -0.15) is 18.4 Å². The standard InChI is InChI=1S/C9H15F3N2O/c1-8(7-13,14-2)3-5-15-6-4-9(10,11)12/h14H,3-6H2,1-2H3. The highest BCUT2D eigenvalue weighted by Crippen LogP contribution is 2.19. The Morgan fingerprint density at radius 2 is 1.80 bits per heavy atom. The van der Waals surface area contributed by atoms with Crippen molar-refractivity contribution in [1.82, 2.24) is 5.32 Å². The smallest absolute Gasteiger partial charge is 0.381 e. The van der Waals surface area contributed by atoms with Crippen LogP contribution < -0.4 is 5.32 Å². The average Bonchev–Trinajstić information content (AvgIpc) is 2.15. The van der Waals surface area contributed by atoms with E-state index in [4.69, 9.17) is 10.00 Å². The van der Waals surface area contributed by atoms with Gasteiger partial charge in [0, 0.05) is 13.0 Å². The van der Waals surface area contributed by atoms with E-state index < -0.39 is 18.1 Å². The van der Waals surface area contributed by atoms with Crippen LogP contribution in [0.15, 0.2) is 0 Å². The van der Waals surface area contributed by atoms with E-state index in [-0.39, 0.29) is 13.2 Å². The third-order valence-corrected chi connectivity index (χ3v) is 2.07. The summed E-state index contributed by atoms with van der Waals surface area (Å²) in [6.07, 6.45) is -4.77. The number of rotatable bonds is 6. The Morgan fingerprint density at radius 1 is 1.27 bits per heavy atom. The molecule has 0 rings (SSSR count). The third-order valence-electron chi connectivity index (χ3n) is 2.07. The molecule has 0 aromatic carbocycles. The quantitative estimate of drug-likeness (QED) is 0.700. The lowest BCUT2D eigenvalue weighted by molar-refractivity contribution is -0.145. The van der Waals surface area contributed by atoms with Gasteiger partial charge in [0.05, 0.1) is 19.1 Å². The van der Waals surface area contributed by atoms with Gasteiger partial charge < -0.3 is 10.1 Å². The number of nitrogens with zero attached hydrogens (tertiary/aromatic N) is 1. The number of nitriles is 1. The van der Waals surface area contributed by atoms with Crippen molar-refractivity contribution in [1.29, 1.82) is 5.26 Å². The Kier molecular flexibility index (Phi) is 5.61. The van der Waals surface area contributed by atoms with Gasteiger partial charge in [-0.3, -0.25) is 0 Å². The Bertz CT molecular complexity index is 224. The zero-order valence-corrected chi connectivity index (χ0v) is 8.82. The summed E-state index contributed by atoms with van der Waals surface area (Å²) in [5.74, 6) is 0. The number of hydrogen-bond acceptors (Lipinski definition) is 3. The van der Waals surface area contributed by atoms with E-state index in [2.05, 4.69) is 5.32 Å². The molecule has 88 valence electrons. The number of alkyl halides is 3. The molecule has 0 heterocycles. The first-order chi connectivity index (χ1) is 6.83. The molecule has 0 amide bonds. The minimum atomic E-state index is -4.18. The van der Waals surface area contributed by atoms with Crippen LogP contribution in [-0.4, -0.2) is 32.0 Å². The molecule has 0 fully saturated rings. The summed E-state index contributed by atoms with van der Waals surface area (Å²) in [6.45, 7) is 1.45. The summed E-state index contributed by atoms with van der Waals surface area (Å²) in [4.78, 5) is 0. The van der Waals surface area contributed by atoms with Crippen molar-refractivity contribution in [3.63, 3.8) is 0 Å². The lowest BCUT2D eigenvalue weighted by atomic mass is 10.0. The third kappa shape index (κ3) is 7.17. The molecule has 0 saturated heterocycles. The summed E-state index contributed by atoms with van der Waals surface area (Å²) in [5, 5.41) is 11.5. The Balaban J connectivity index is 3.60. The van der Waals surface area contributed by atoms with Crippen LogP contribution in [0.4, 0.5) is 13.2 Å². The number of halogens is 3. The summed E-state index contributed by atoms with van der Waals surface area (Å²) >= 11 is 0. The molecule has 15 heavy (non-hydrogen) atoms. The lowest BCUT2D eigenvalue weighted by Crippen LogP contribution is -2.39. The molecule has 0 bridgehead atoms. The molecule has 0 saturated carbocycles. The fourth-order valence-electron chi connectivity index (χ4n) is 0.803. The summed E-state index contributed by atoms with van der Waals surface area (Å²) in [7, 11) is 1.62. The number of nitrogens with one attached hydrogen (secondary N) is 1. The SMILES string of the molecule is CNC(C)(C#N)CCOCCC(F)(F)F. The van der Waals surface area contributed by atoms with Crippen LogP contribution in [0.2, 0.25) is 0 Å². The highest BCUT2D eigenvalue weighted by molar-refractivity contribution is 5.02. The van der Waals surface area contributed by atoms with Crippen LogP contribution in [0.3, 0.4) is 0 Å². The molecule has 0 aromatic heterocycles. The first-order valence-electron chi connectivity index (χ1n) is 4.58. The second-order valence-corrected chi connectivity index (χ2v) is 3.42. The van der Waals surface area contributed by atoms with E-state index >= 15 is 0 Å². The second kappa shape index (κ2) is 5.93. The zero-order valence-electron chi connectivity index (χ0n) is 8.82. The van der Waals surface area contributed by atoms with Crippen LogP contribution in [0.25, 0.3) is 0 Å². The molecule has 0 aliphatic rings. The molecule has 1 unspecified atom stereocenters. The molecule has 0 aliphatic carbocycles. The van der Waals surface area contributed by atoms with Crippen molar-refractivity contribution in [3.05, 3.63) is 0 Å². The normalized spacial score (nSPS) is 15.7. The molecule has 0 aliphatic heterocycles. The predicted molar refractivity (Wildman–Crippen MR) is 49.2 cm³/mol. The molecule has 6 heteroatoms. The Labute approximate surface area is 87.2 Å². The first-order valence-corrected chi connectivity index (χ1v) is 4.58. The van der Waals surface area contributed by atoms with Crippen LogP contribution in [0.5, 0.6) is 0 Å². The topological polar surface area (TPSA) is 45.0 Å². The van der Waals surface area contributed by atoms with Crippen molar-refractivity contribution in [2.45, 2.75) is 31.5 Å². The van der Waals surface area contributed by atoms with Gasteiger partial charge >= 0.3 is 6.18 Å². The van der Waals surface area contributed by atoms with Gasteiger partial charge in [-0.1, -0.05) is 0 Å². The van der Waals surface area contributed by atoms with Crippen molar-refractivity contribution < 1.29 is 17.9 Å². The van der Waals surface area contributed by atoms with Crippen molar-refractivity contribution in [2.24, 2.45) is 0 Å². The first kappa shape index (κ1) is 14.2. The van der Waals surface area contributed by atoms with Crippen LogP contribution in [-0.2, 0) is 4.74 Å². The zero-order chi connectivity index (χ0) is 11.9. The molecule has 3 nitrogen and oxygen atoms in total. The molecular weight excluding hydrogens is 209 g/mol. The van der Waals surface area contributed by atoms with E-state index in [1.807, 2.05) is 6.07 Å². The van der Waals surface area contributed by atoms with Gasteiger partial charge in [0.2, 0.25) is 0 Å². The minimum Gasteiger partial charge on any atom is -0.381 e. The van der Waals surface area contributed by atoms with Crippen molar-refractivity contribution >= 4 is 0 Å². The molecule has 0 spiro atoms. The fraction of sp³-hybridized carbons (Fsp3) is 0.889. The molecular formula is C9H15F3N2O. The lowest BCUT2D eigenvalue weighted by Gasteiger charge is -2.20. The summed E-state index contributed by atoms with van der Waals surface area (Å²) in [5.41, 5.74) is -0.738. The average molecular weight is 224 g/mol. The highest BCUT2D eigenvalue weighted by Gasteiger charge is 2.26.